The van der Waals surface area contributed by atoms with E-state index in [1.165, 1.54) is 19.5 Å². The lowest BCUT2D eigenvalue weighted by molar-refractivity contribution is -0.143. The maximum absolute atomic E-state index is 13.2. The standard InChI is InChI=1S/C26H25Cl2N3O5/c1-35-25(34)19(30-21-12-22(32)26(21)5-8-36-9-6-26)11-15-2-3-20-16(10-15)4-7-31(20)24(33)23-17(27)13-29-14-18(23)28/h2-3,10,12-14,19,30H,4-9,11H2,1H3. The van der Waals surface area contributed by atoms with Crippen molar-refractivity contribution in [2.24, 2.45) is 5.41 Å². The Morgan fingerprint density at radius 1 is 1.22 bits per heavy atom. The van der Waals surface area contributed by atoms with E-state index in [9.17, 15) is 14.4 Å². The van der Waals surface area contributed by atoms with E-state index in [1.807, 2.05) is 18.2 Å². The number of hydrogen-bond donors (Lipinski definition) is 1. The first-order chi connectivity index (χ1) is 17.3. The summed E-state index contributed by atoms with van der Waals surface area (Å²) < 4.78 is 10.5. The van der Waals surface area contributed by atoms with E-state index < -0.39 is 17.4 Å². The molecule has 0 radical (unpaired) electrons. The number of halogens is 2. The Bertz CT molecular complexity index is 1250. The summed E-state index contributed by atoms with van der Waals surface area (Å²) in [5, 5.41) is 3.69. The molecule has 3 aliphatic rings. The Balaban J connectivity index is 1.34. The van der Waals surface area contributed by atoms with Crippen molar-refractivity contribution < 1.29 is 23.9 Å². The van der Waals surface area contributed by atoms with Crippen LogP contribution in [-0.2, 0) is 31.9 Å². The lowest BCUT2D eigenvalue weighted by atomic mass is 9.66. The van der Waals surface area contributed by atoms with Crippen LogP contribution in [0.5, 0.6) is 0 Å². The van der Waals surface area contributed by atoms with E-state index in [-0.39, 0.29) is 27.3 Å². The van der Waals surface area contributed by atoms with E-state index in [4.69, 9.17) is 32.7 Å². The van der Waals surface area contributed by atoms with Gasteiger partial charge in [-0.3, -0.25) is 14.6 Å². The zero-order valence-electron chi connectivity index (χ0n) is 19.7. The molecule has 1 saturated heterocycles. The largest absolute Gasteiger partial charge is 0.467 e. The van der Waals surface area contributed by atoms with Crippen molar-refractivity contribution in [2.75, 3.05) is 31.8 Å². The molecule has 36 heavy (non-hydrogen) atoms. The number of esters is 1. The van der Waals surface area contributed by atoms with E-state index in [0.29, 0.717) is 45.4 Å². The molecule has 1 aliphatic carbocycles. The van der Waals surface area contributed by atoms with Crippen molar-refractivity contribution >= 4 is 46.5 Å². The first-order valence-corrected chi connectivity index (χ1v) is 12.5. The Labute approximate surface area is 218 Å². The number of ether oxygens (including phenoxy) is 2. The molecular weight excluding hydrogens is 505 g/mol. The third-order valence-corrected chi connectivity index (χ3v) is 7.79. The van der Waals surface area contributed by atoms with Gasteiger partial charge in [0.25, 0.3) is 5.91 Å². The molecule has 0 bridgehead atoms. The van der Waals surface area contributed by atoms with Gasteiger partial charge in [-0.15, -0.1) is 0 Å². The predicted octanol–water partition coefficient (Wildman–Crippen LogP) is 3.53. The van der Waals surface area contributed by atoms with E-state index in [0.717, 1.165) is 22.5 Å². The lowest BCUT2D eigenvalue weighted by Crippen LogP contribution is -2.53. The van der Waals surface area contributed by atoms with Crippen molar-refractivity contribution in [1.29, 1.82) is 0 Å². The topological polar surface area (TPSA) is 97.8 Å². The zero-order valence-corrected chi connectivity index (χ0v) is 21.2. The number of rotatable bonds is 6. The maximum Gasteiger partial charge on any atom is 0.328 e. The molecule has 2 aromatic rings. The molecule has 10 heteroatoms. The van der Waals surface area contributed by atoms with Gasteiger partial charge in [0.15, 0.2) is 5.78 Å². The second-order valence-corrected chi connectivity index (χ2v) is 10.0. The minimum absolute atomic E-state index is 0.0774. The van der Waals surface area contributed by atoms with Gasteiger partial charge in [-0.25, -0.2) is 4.79 Å². The number of benzene rings is 1. The average molecular weight is 530 g/mol. The van der Waals surface area contributed by atoms with E-state index in [1.54, 1.807) is 11.0 Å². The third kappa shape index (κ3) is 4.27. The van der Waals surface area contributed by atoms with Crippen LogP contribution in [0.3, 0.4) is 0 Å². The Hall–Kier alpha value is -2.94. The first kappa shape index (κ1) is 24.7. The predicted molar refractivity (Wildman–Crippen MR) is 134 cm³/mol. The number of nitrogens with zero attached hydrogens (tertiary/aromatic N) is 2. The molecule has 1 fully saturated rings. The molecule has 1 aromatic carbocycles. The van der Waals surface area contributed by atoms with Gasteiger partial charge in [0, 0.05) is 56.0 Å². The van der Waals surface area contributed by atoms with Gasteiger partial charge in [-0.2, -0.15) is 0 Å². The molecule has 2 aliphatic heterocycles. The van der Waals surface area contributed by atoms with E-state index >= 15 is 0 Å². The second-order valence-electron chi connectivity index (χ2n) is 9.19. The number of fused-ring (bicyclic) bond motifs is 1. The zero-order chi connectivity index (χ0) is 25.4. The van der Waals surface area contributed by atoms with Crippen LogP contribution in [0.15, 0.2) is 42.4 Å². The van der Waals surface area contributed by atoms with Gasteiger partial charge in [0.2, 0.25) is 0 Å². The minimum Gasteiger partial charge on any atom is -0.467 e. The van der Waals surface area contributed by atoms with Crippen molar-refractivity contribution in [1.82, 2.24) is 10.3 Å². The van der Waals surface area contributed by atoms with Crippen molar-refractivity contribution in [3.63, 3.8) is 0 Å². The van der Waals surface area contributed by atoms with Crippen molar-refractivity contribution in [2.45, 2.75) is 31.7 Å². The Kier molecular flexibility index (Phi) is 6.76. The summed E-state index contributed by atoms with van der Waals surface area (Å²) >= 11 is 12.4. The maximum atomic E-state index is 13.2. The molecule has 8 nitrogen and oxygen atoms in total. The number of methoxy groups -OCH3 is 1. The van der Waals surface area contributed by atoms with Crippen LogP contribution < -0.4 is 10.2 Å². The molecular formula is C26H25Cl2N3O5. The number of anilines is 1. The van der Waals surface area contributed by atoms with E-state index in [2.05, 4.69) is 10.3 Å². The lowest BCUT2D eigenvalue weighted by Gasteiger charge is -2.44. The normalized spacial score (nSPS) is 18.8. The molecule has 1 amide bonds. The van der Waals surface area contributed by atoms with Gasteiger partial charge in [0.1, 0.15) is 6.04 Å². The quantitative estimate of drug-likeness (QED) is 0.571. The van der Waals surface area contributed by atoms with Gasteiger partial charge in [0.05, 0.1) is 28.1 Å². The first-order valence-electron chi connectivity index (χ1n) is 11.8. The SMILES string of the molecule is COC(=O)C(Cc1ccc2c(c1)CCN2C(=O)c1c(Cl)cncc1Cl)NC1=CC(=O)C12CCOCC2. The monoisotopic (exact) mass is 529 g/mol. The molecule has 5 rings (SSSR count). The smallest absolute Gasteiger partial charge is 0.328 e. The molecule has 3 heterocycles. The van der Waals surface area contributed by atoms with Crippen molar-refractivity contribution in [3.05, 3.63) is 69.1 Å². The van der Waals surface area contributed by atoms with Crippen LogP contribution in [0.25, 0.3) is 0 Å². The van der Waals surface area contributed by atoms with Crippen LogP contribution in [0, 0.1) is 5.41 Å². The van der Waals surface area contributed by atoms with Gasteiger partial charge >= 0.3 is 5.97 Å². The molecule has 1 spiro atoms. The highest BCUT2D eigenvalue weighted by molar-refractivity contribution is 6.40. The molecule has 0 saturated carbocycles. The van der Waals surface area contributed by atoms with Crippen molar-refractivity contribution in [3.8, 4) is 0 Å². The number of aromatic nitrogens is 1. The highest BCUT2D eigenvalue weighted by Gasteiger charge is 2.49. The fourth-order valence-electron chi connectivity index (χ4n) is 5.18. The van der Waals surface area contributed by atoms with Gasteiger partial charge in [-0.1, -0.05) is 35.3 Å². The highest BCUT2D eigenvalue weighted by Crippen LogP contribution is 2.45. The summed E-state index contributed by atoms with van der Waals surface area (Å²) in [7, 11) is 1.35. The summed E-state index contributed by atoms with van der Waals surface area (Å²) in [5.74, 6) is -0.610. The third-order valence-electron chi connectivity index (χ3n) is 7.22. The van der Waals surface area contributed by atoms with Gasteiger partial charge < -0.3 is 19.7 Å². The summed E-state index contributed by atoms with van der Waals surface area (Å²) in [6, 6.07) is 5.11. The van der Waals surface area contributed by atoms with Crippen LogP contribution in [0.2, 0.25) is 10.0 Å². The summed E-state index contributed by atoms with van der Waals surface area (Å²) in [4.78, 5) is 43.8. The number of pyridine rings is 1. The Morgan fingerprint density at radius 3 is 2.61 bits per heavy atom. The van der Waals surface area contributed by atoms with Crippen LogP contribution in [0.1, 0.15) is 34.3 Å². The molecule has 1 unspecified atom stereocenters. The average Bonchev–Trinajstić information content (AvgIpc) is 3.31. The Morgan fingerprint density at radius 2 is 1.94 bits per heavy atom. The fraction of sp³-hybridized carbons (Fsp3) is 0.385. The summed E-state index contributed by atoms with van der Waals surface area (Å²) in [6.45, 7) is 1.53. The molecule has 1 atom stereocenters. The number of hydrogen-bond acceptors (Lipinski definition) is 7. The molecule has 1 N–H and O–H groups in total. The summed E-state index contributed by atoms with van der Waals surface area (Å²) in [5.41, 5.74) is 3.10. The summed E-state index contributed by atoms with van der Waals surface area (Å²) in [6.07, 6.45) is 6.61. The number of nitrogens with one attached hydrogen (secondary N) is 1. The fourth-order valence-corrected chi connectivity index (χ4v) is 5.71. The number of amides is 1. The number of carbonyl (C=O) groups excluding carboxylic acids is 3. The molecule has 188 valence electrons. The van der Waals surface area contributed by atoms with Crippen LogP contribution in [0.4, 0.5) is 5.69 Å². The number of ketones is 1. The highest BCUT2D eigenvalue weighted by atomic mass is 35.5. The number of carbonyl (C=O) groups is 3. The van der Waals surface area contributed by atoms with Crippen LogP contribution in [-0.4, -0.2) is 55.6 Å². The number of allylic oxidation sites excluding steroid dienone is 2. The van der Waals surface area contributed by atoms with Gasteiger partial charge in [-0.05, 0) is 36.5 Å². The van der Waals surface area contributed by atoms with Crippen LogP contribution >= 0.6 is 23.2 Å². The minimum atomic E-state index is -0.652. The molecule has 1 aromatic heterocycles. The second kappa shape index (κ2) is 9.84.